The maximum absolute atomic E-state index is 4.38. The first-order valence-corrected chi connectivity index (χ1v) is 4.67. The van der Waals surface area contributed by atoms with Gasteiger partial charge in [0.05, 0.1) is 13.2 Å². The Hall–Kier alpha value is -0.640. The van der Waals surface area contributed by atoms with Crippen molar-refractivity contribution in [2.45, 2.75) is 0 Å². The standard InChI is InChI=1S/C7H11N3S/c1-9-3-4-10(6-9)7-8-2-5-11-7/h3-4H,2,5-6H2,1H3. The lowest BCUT2D eigenvalue weighted by molar-refractivity contribution is 0.390. The Morgan fingerprint density at radius 1 is 1.55 bits per heavy atom. The van der Waals surface area contributed by atoms with Crippen LogP contribution in [-0.2, 0) is 0 Å². The molecule has 2 heterocycles. The average Bonchev–Trinajstić information content (AvgIpc) is 2.55. The van der Waals surface area contributed by atoms with Crippen LogP contribution in [0.3, 0.4) is 0 Å². The van der Waals surface area contributed by atoms with Crippen LogP contribution in [0.15, 0.2) is 17.4 Å². The summed E-state index contributed by atoms with van der Waals surface area (Å²) in [5.74, 6) is 1.14. The minimum absolute atomic E-state index is 0.950. The fraction of sp³-hybridized carbons (Fsp3) is 0.571. The third-order valence-corrected chi connectivity index (χ3v) is 2.70. The van der Waals surface area contributed by atoms with E-state index in [9.17, 15) is 0 Å². The van der Waals surface area contributed by atoms with Gasteiger partial charge in [-0.15, -0.1) is 0 Å². The fourth-order valence-electron chi connectivity index (χ4n) is 1.15. The first-order chi connectivity index (χ1) is 5.36. The monoisotopic (exact) mass is 169 g/mol. The molecule has 0 saturated carbocycles. The zero-order valence-electron chi connectivity index (χ0n) is 6.53. The maximum atomic E-state index is 4.38. The van der Waals surface area contributed by atoms with E-state index in [0.717, 1.165) is 19.0 Å². The van der Waals surface area contributed by atoms with E-state index in [4.69, 9.17) is 0 Å². The van der Waals surface area contributed by atoms with Crippen molar-refractivity contribution in [2.75, 3.05) is 26.0 Å². The summed E-state index contributed by atoms with van der Waals surface area (Å²) in [5, 5.41) is 1.17. The Morgan fingerprint density at radius 3 is 3.00 bits per heavy atom. The second-order valence-corrected chi connectivity index (χ2v) is 3.74. The van der Waals surface area contributed by atoms with Crippen LogP contribution < -0.4 is 0 Å². The van der Waals surface area contributed by atoms with Crippen LogP contribution in [0.4, 0.5) is 0 Å². The predicted molar refractivity (Wildman–Crippen MR) is 48.4 cm³/mol. The van der Waals surface area contributed by atoms with E-state index in [2.05, 4.69) is 34.2 Å². The summed E-state index contributed by atoms with van der Waals surface area (Å²) in [5.41, 5.74) is 0. The molecule has 0 bridgehead atoms. The molecule has 11 heavy (non-hydrogen) atoms. The van der Waals surface area contributed by atoms with Gasteiger partial charge in [-0.3, -0.25) is 4.99 Å². The lowest BCUT2D eigenvalue weighted by Crippen LogP contribution is -2.25. The molecule has 0 radical (unpaired) electrons. The molecular weight excluding hydrogens is 158 g/mol. The van der Waals surface area contributed by atoms with Crippen molar-refractivity contribution in [1.82, 2.24) is 9.80 Å². The molecule has 4 heteroatoms. The predicted octanol–water partition coefficient (Wildman–Crippen LogP) is 0.765. The Kier molecular flexibility index (Phi) is 1.77. The van der Waals surface area contributed by atoms with E-state index >= 15 is 0 Å². The first kappa shape index (κ1) is 7.03. The highest BCUT2D eigenvalue weighted by molar-refractivity contribution is 8.14. The topological polar surface area (TPSA) is 18.8 Å². The molecule has 0 aromatic rings. The van der Waals surface area contributed by atoms with Crippen molar-refractivity contribution in [3.05, 3.63) is 12.4 Å². The molecule has 3 nitrogen and oxygen atoms in total. The molecule has 0 fully saturated rings. The van der Waals surface area contributed by atoms with Crippen molar-refractivity contribution in [1.29, 1.82) is 0 Å². The molecule has 0 amide bonds. The molecule has 0 saturated heterocycles. The van der Waals surface area contributed by atoms with E-state index in [-0.39, 0.29) is 0 Å². The fourth-order valence-corrected chi connectivity index (χ4v) is 1.98. The van der Waals surface area contributed by atoms with Crippen LogP contribution in [0, 0.1) is 0 Å². The summed E-state index contributed by atoms with van der Waals surface area (Å²) in [6, 6.07) is 0. The number of hydrogen-bond acceptors (Lipinski definition) is 4. The van der Waals surface area contributed by atoms with Crippen molar-refractivity contribution in [3.8, 4) is 0 Å². The lowest BCUT2D eigenvalue weighted by atomic mass is 10.8. The van der Waals surface area contributed by atoms with Crippen molar-refractivity contribution in [3.63, 3.8) is 0 Å². The third kappa shape index (κ3) is 1.35. The zero-order chi connectivity index (χ0) is 7.68. The van der Waals surface area contributed by atoms with Gasteiger partial charge in [-0.1, -0.05) is 11.8 Å². The molecule has 0 spiro atoms. The van der Waals surface area contributed by atoms with Crippen LogP contribution in [0.5, 0.6) is 0 Å². The second-order valence-electron chi connectivity index (χ2n) is 2.68. The summed E-state index contributed by atoms with van der Waals surface area (Å²) < 4.78 is 0. The molecule has 0 aromatic heterocycles. The van der Waals surface area contributed by atoms with Gasteiger partial charge in [0, 0.05) is 25.2 Å². The molecule has 0 aromatic carbocycles. The van der Waals surface area contributed by atoms with Gasteiger partial charge in [0.2, 0.25) is 0 Å². The van der Waals surface area contributed by atoms with Gasteiger partial charge in [-0.05, 0) is 0 Å². The Morgan fingerprint density at radius 2 is 2.45 bits per heavy atom. The summed E-state index contributed by atoms with van der Waals surface area (Å²) in [7, 11) is 2.07. The zero-order valence-corrected chi connectivity index (χ0v) is 7.34. The smallest absolute Gasteiger partial charge is 0.164 e. The molecule has 2 rings (SSSR count). The number of hydrogen-bond donors (Lipinski definition) is 0. The van der Waals surface area contributed by atoms with Gasteiger partial charge >= 0.3 is 0 Å². The lowest BCUT2D eigenvalue weighted by Gasteiger charge is -2.16. The van der Waals surface area contributed by atoms with Gasteiger partial charge in [0.25, 0.3) is 0 Å². The average molecular weight is 169 g/mol. The van der Waals surface area contributed by atoms with Crippen LogP contribution in [0.25, 0.3) is 0 Å². The second kappa shape index (κ2) is 2.77. The molecule has 2 aliphatic rings. The largest absolute Gasteiger partial charge is 0.361 e. The van der Waals surface area contributed by atoms with Crippen LogP contribution in [-0.4, -0.2) is 41.0 Å². The summed E-state index contributed by atoms with van der Waals surface area (Å²) in [6.07, 6.45) is 4.15. The third-order valence-electron chi connectivity index (χ3n) is 1.69. The van der Waals surface area contributed by atoms with Crippen molar-refractivity contribution in [2.24, 2.45) is 4.99 Å². The van der Waals surface area contributed by atoms with E-state index in [0.29, 0.717) is 0 Å². The summed E-state index contributed by atoms with van der Waals surface area (Å²) in [4.78, 5) is 8.70. The molecule has 0 atom stereocenters. The van der Waals surface area contributed by atoms with E-state index in [1.807, 2.05) is 11.8 Å². The van der Waals surface area contributed by atoms with E-state index < -0.39 is 0 Å². The summed E-state index contributed by atoms with van der Waals surface area (Å²) >= 11 is 1.84. The minimum atomic E-state index is 0.950. The molecule has 2 aliphatic heterocycles. The minimum Gasteiger partial charge on any atom is -0.361 e. The maximum Gasteiger partial charge on any atom is 0.164 e. The van der Waals surface area contributed by atoms with E-state index in [1.165, 1.54) is 5.17 Å². The van der Waals surface area contributed by atoms with Crippen molar-refractivity contribution < 1.29 is 0 Å². The van der Waals surface area contributed by atoms with Crippen LogP contribution in [0.1, 0.15) is 0 Å². The first-order valence-electron chi connectivity index (χ1n) is 3.69. The quantitative estimate of drug-likeness (QED) is 0.533. The van der Waals surface area contributed by atoms with E-state index in [1.54, 1.807) is 0 Å². The van der Waals surface area contributed by atoms with Gasteiger partial charge < -0.3 is 9.80 Å². The molecule has 60 valence electrons. The Bertz CT molecular complexity index is 212. The Labute approximate surface area is 70.8 Å². The van der Waals surface area contributed by atoms with Gasteiger partial charge in [0.15, 0.2) is 5.17 Å². The number of rotatable bonds is 0. The number of aliphatic imine (C=N–C) groups is 1. The number of amidine groups is 1. The number of thioether (sulfide) groups is 1. The SMILES string of the molecule is CN1C=CN(C2=NCCS2)C1. The highest BCUT2D eigenvalue weighted by Gasteiger charge is 2.17. The van der Waals surface area contributed by atoms with Gasteiger partial charge in [0.1, 0.15) is 0 Å². The highest BCUT2D eigenvalue weighted by atomic mass is 32.2. The van der Waals surface area contributed by atoms with Crippen molar-refractivity contribution >= 4 is 16.9 Å². The highest BCUT2D eigenvalue weighted by Crippen LogP contribution is 2.18. The van der Waals surface area contributed by atoms with Crippen LogP contribution in [0.2, 0.25) is 0 Å². The normalized spacial score (nSPS) is 23.2. The summed E-state index contributed by atoms with van der Waals surface area (Å²) in [6.45, 7) is 1.93. The van der Waals surface area contributed by atoms with Gasteiger partial charge in [-0.2, -0.15) is 0 Å². The molecule has 0 N–H and O–H groups in total. The number of nitrogens with zero attached hydrogens (tertiary/aromatic N) is 3. The van der Waals surface area contributed by atoms with Gasteiger partial charge in [-0.25, -0.2) is 0 Å². The Balaban J connectivity index is 2.01. The van der Waals surface area contributed by atoms with Crippen LogP contribution >= 0.6 is 11.8 Å². The molecule has 0 unspecified atom stereocenters. The molecular formula is C7H11N3S. The molecule has 0 aliphatic carbocycles.